The first-order chi connectivity index (χ1) is 15.1. The molecule has 6 heteroatoms. The molecule has 1 N–H and O–H groups in total. The number of nitrogens with zero attached hydrogens (tertiary/aromatic N) is 2. The van der Waals surface area contributed by atoms with Crippen molar-refractivity contribution < 1.29 is 14.3 Å². The van der Waals surface area contributed by atoms with Crippen molar-refractivity contribution in [3.8, 4) is 0 Å². The summed E-state index contributed by atoms with van der Waals surface area (Å²) in [5, 5.41) is 3.05. The molecular weight excluding hydrogens is 390 g/mol. The van der Waals surface area contributed by atoms with Gasteiger partial charge in [-0.3, -0.25) is 14.5 Å². The molecule has 2 heterocycles. The monoisotopic (exact) mass is 421 g/mol. The first-order valence-electron chi connectivity index (χ1n) is 11.1. The van der Waals surface area contributed by atoms with E-state index in [0.29, 0.717) is 19.7 Å². The fourth-order valence-corrected chi connectivity index (χ4v) is 4.61. The van der Waals surface area contributed by atoms with E-state index in [1.54, 1.807) is 6.92 Å². The van der Waals surface area contributed by atoms with Crippen molar-refractivity contribution >= 4 is 11.8 Å². The summed E-state index contributed by atoms with van der Waals surface area (Å²) in [6, 6.07) is 18.3. The van der Waals surface area contributed by atoms with E-state index >= 15 is 0 Å². The standard InChI is InChI=1S/C25H31N3O3/c1-19(29)28-12-11-21-9-5-6-10-23(21)24(28)15-25(30)26-16-22-18-27(13-14-31-22)17-20-7-3-2-4-8-20/h2-10,22,24H,11-18H2,1H3,(H,26,30). The van der Waals surface area contributed by atoms with Crippen molar-refractivity contribution in [2.45, 2.75) is 38.5 Å². The van der Waals surface area contributed by atoms with Crippen molar-refractivity contribution in [3.05, 3.63) is 71.3 Å². The van der Waals surface area contributed by atoms with Gasteiger partial charge >= 0.3 is 0 Å². The second kappa shape index (κ2) is 10.1. The number of carbonyl (C=O) groups excluding carboxylic acids is 2. The normalized spacial score (nSPS) is 21.4. The van der Waals surface area contributed by atoms with Crippen LogP contribution in [0.4, 0.5) is 0 Å². The van der Waals surface area contributed by atoms with Crippen LogP contribution in [0.1, 0.15) is 36.1 Å². The molecule has 0 aliphatic carbocycles. The van der Waals surface area contributed by atoms with Crippen LogP contribution in [0.15, 0.2) is 54.6 Å². The van der Waals surface area contributed by atoms with Crippen molar-refractivity contribution in [2.24, 2.45) is 0 Å². The molecule has 2 aromatic carbocycles. The molecule has 164 valence electrons. The van der Waals surface area contributed by atoms with Crippen LogP contribution in [-0.2, 0) is 27.3 Å². The van der Waals surface area contributed by atoms with E-state index in [2.05, 4.69) is 40.5 Å². The highest BCUT2D eigenvalue weighted by Gasteiger charge is 2.31. The second-order valence-electron chi connectivity index (χ2n) is 8.40. The summed E-state index contributed by atoms with van der Waals surface area (Å²) >= 11 is 0. The average molecular weight is 422 g/mol. The fourth-order valence-electron chi connectivity index (χ4n) is 4.61. The lowest BCUT2D eigenvalue weighted by atomic mass is 9.90. The lowest BCUT2D eigenvalue weighted by molar-refractivity contribution is -0.133. The first kappa shape index (κ1) is 21.5. The molecule has 2 aliphatic heterocycles. The topological polar surface area (TPSA) is 61.9 Å². The summed E-state index contributed by atoms with van der Waals surface area (Å²) in [6.45, 7) is 5.97. The zero-order valence-electron chi connectivity index (χ0n) is 18.1. The van der Waals surface area contributed by atoms with Crippen LogP contribution < -0.4 is 5.32 Å². The van der Waals surface area contributed by atoms with E-state index in [1.807, 2.05) is 29.2 Å². The fraction of sp³-hybridized carbons (Fsp3) is 0.440. The molecule has 2 aliphatic rings. The van der Waals surface area contributed by atoms with Crippen molar-refractivity contribution in [1.29, 1.82) is 0 Å². The molecule has 0 bridgehead atoms. The van der Waals surface area contributed by atoms with Gasteiger partial charge in [0.15, 0.2) is 0 Å². The van der Waals surface area contributed by atoms with Crippen molar-refractivity contribution in [2.75, 3.05) is 32.8 Å². The quantitative estimate of drug-likeness (QED) is 0.779. The van der Waals surface area contributed by atoms with Crippen LogP contribution in [0.5, 0.6) is 0 Å². The number of hydrogen-bond acceptors (Lipinski definition) is 4. The number of nitrogens with one attached hydrogen (secondary N) is 1. The molecular formula is C25H31N3O3. The molecule has 1 fully saturated rings. The van der Waals surface area contributed by atoms with E-state index < -0.39 is 0 Å². The van der Waals surface area contributed by atoms with Gasteiger partial charge in [0.25, 0.3) is 0 Å². The van der Waals surface area contributed by atoms with Gasteiger partial charge in [0.05, 0.1) is 25.2 Å². The molecule has 2 amide bonds. The van der Waals surface area contributed by atoms with Gasteiger partial charge in [0.1, 0.15) is 0 Å². The lowest BCUT2D eigenvalue weighted by Gasteiger charge is -2.37. The Morgan fingerprint density at radius 3 is 2.65 bits per heavy atom. The number of morpholine rings is 1. The van der Waals surface area contributed by atoms with Gasteiger partial charge in [-0.15, -0.1) is 0 Å². The zero-order chi connectivity index (χ0) is 21.6. The lowest BCUT2D eigenvalue weighted by Crippen LogP contribution is -2.47. The number of fused-ring (bicyclic) bond motifs is 1. The summed E-state index contributed by atoms with van der Waals surface area (Å²) in [4.78, 5) is 29.1. The Labute approximate surface area is 184 Å². The Morgan fingerprint density at radius 2 is 1.84 bits per heavy atom. The molecule has 31 heavy (non-hydrogen) atoms. The summed E-state index contributed by atoms with van der Waals surface area (Å²) < 4.78 is 5.88. The third-order valence-corrected chi connectivity index (χ3v) is 6.19. The van der Waals surface area contributed by atoms with E-state index in [-0.39, 0.29) is 30.4 Å². The minimum absolute atomic E-state index is 0.0134. The largest absolute Gasteiger partial charge is 0.374 e. The first-order valence-corrected chi connectivity index (χ1v) is 11.1. The molecule has 2 aromatic rings. The molecule has 0 radical (unpaired) electrons. The van der Waals surface area contributed by atoms with E-state index in [1.165, 1.54) is 11.1 Å². The maximum Gasteiger partial charge on any atom is 0.222 e. The highest BCUT2D eigenvalue weighted by atomic mass is 16.5. The molecule has 1 saturated heterocycles. The smallest absolute Gasteiger partial charge is 0.222 e. The van der Waals surface area contributed by atoms with Gasteiger partial charge in [-0.1, -0.05) is 54.6 Å². The van der Waals surface area contributed by atoms with Gasteiger partial charge in [-0.05, 0) is 23.1 Å². The van der Waals surface area contributed by atoms with Crippen molar-refractivity contribution in [3.63, 3.8) is 0 Å². The molecule has 0 aromatic heterocycles. The Bertz CT molecular complexity index is 902. The minimum Gasteiger partial charge on any atom is -0.374 e. The van der Waals surface area contributed by atoms with Crippen LogP contribution in [0.3, 0.4) is 0 Å². The van der Waals surface area contributed by atoms with Gasteiger partial charge in [0.2, 0.25) is 11.8 Å². The average Bonchev–Trinajstić information content (AvgIpc) is 2.79. The Hall–Kier alpha value is -2.70. The summed E-state index contributed by atoms with van der Waals surface area (Å²) in [5.74, 6) is -0.0313. The number of hydrogen-bond donors (Lipinski definition) is 1. The zero-order valence-corrected chi connectivity index (χ0v) is 18.1. The summed E-state index contributed by atoms with van der Waals surface area (Å²) in [7, 11) is 0. The molecule has 6 nitrogen and oxygen atoms in total. The van der Waals surface area contributed by atoms with Crippen LogP contribution in [-0.4, -0.2) is 60.5 Å². The van der Waals surface area contributed by atoms with Crippen molar-refractivity contribution in [1.82, 2.24) is 15.1 Å². The summed E-state index contributed by atoms with van der Waals surface area (Å²) in [6.07, 6.45) is 1.09. The molecule has 2 atom stereocenters. The number of carbonyl (C=O) groups is 2. The second-order valence-corrected chi connectivity index (χ2v) is 8.40. The van der Waals surface area contributed by atoms with Crippen LogP contribution in [0.2, 0.25) is 0 Å². The Balaban J connectivity index is 1.31. The highest BCUT2D eigenvalue weighted by Crippen LogP contribution is 2.32. The molecule has 2 unspecified atom stereocenters. The minimum atomic E-state index is -0.204. The van der Waals surface area contributed by atoms with Gasteiger partial charge < -0.3 is 15.0 Å². The van der Waals surface area contributed by atoms with E-state index in [4.69, 9.17) is 4.74 Å². The van der Waals surface area contributed by atoms with E-state index in [9.17, 15) is 9.59 Å². The molecule has 4 rings (SSSR count). The maximum atomic E-state index is 12.8. The predicted octanol–water partition coefficient (Wildman–Crippen LogP) is 2.54. The van der Waals surface area contributed by atoms with Gasteiger partial charge in [0, 0.05) is 39.6 Å². The van der Waals surface area contributed by atoms with Gasteiger partial charge in [-0.25, -0.2) is 0 Å². The Kier molecular flexibility index (Phi) is 6.99. The summed E-state index contributed by atoms with van der Waals surface area (Å²) in [5.41, 5.74) is 3.60. The van der Waals surface area contributed by atoms with E-state index in [0.717, 1.165) is 31.6 Å². The number of rotatable bonds is 6. The molecule has 0 spiro atoms. The third kappa shape index (κ3) is 5.51. The highest BCUT2D eigenvalue weighted by molar-refractivity contribution is 5.79. The van der Waals surface area contributed by atoms with Crippen LogP contribution in [0.25, 0.3) is 0 Å². The number of amides is 2. The predicted molar refractivity (Wildman–Crippen MR) is 119 cm³/mol. The van der Waals surface area contributed by atoms with Crippen LogP contribution in [0, 0.1) is 0 Å². The number of ether oxygens (including phenoxy) is 1. The maximum absolute atomic E-state index is 12.8. The van der Waals surface area contributed by atoms with Crippen LogP contribution >= 0.6 is 0 Å². The Morgan fingerprint density at radius 1 is 1.06 bits per heavy atom. The molecule has 0 saturated carbocycles. The SMILES string of the molecule is CC(=O)N1CCc2ccccc2C1CC(=O)NCC1CN(Cc2ccccc2)CCO1. The number of benzene rings is 2. The third-order valence-electron chi connectivity index (χ3n) is 6.19. The van der Waals surface area contributed by atoms with Gasteiger partial charge in [-0.2, -0.15) is 0 Å².